The smallest absolute Gasteiger partial charge is 0.418 e. The minimum Gasteiger partial charge on any atom is -0.481 e. The van der Waals surface area contributed by atoms with Gasteiger partial charge in [-0.1, -0.05) is 12.1 Å². The number of carboxylic acid groups (broad SMARTS) is 1. The Morgan fingerprint density at radius 1 is 1.23 bits per heavy atom. The zero-order chi connectivity index (χ0) is 23.0. The number of carboxylic acids is 1. The van der Waals surface area contributed by atoms with Gasteiger partial charge in [0.1, 0.15) is 0 Å². The topological polar surface area (TPSA) is 103 Å². The fourth-order valence-electron chi connectivity index (χ4n) is 3.02. The summed E-state index contributed by atoms with van der Waals surface area (Å²) in [5.74, 6) is -1.60. The van der Waals surface area contributed by atoms with E-state index in [9.17, 15) is 23.1 Å². The molecule has 1 heterocycles. The first-order chi connectivity index (χ1) is 14.7. The van der Waals surface area contributed by atoms with Crippen LogP contribution in [0.4, 0.5) is 24.5 Å². The monoisotopic (exact) mass is 443 g/mol. The maximum Gasteiger partial charge on any atom is 0.418 e. The molecule has 31 heavy (non-hydrogen) atoms. The molecule has 0 amide bonds. The fourth-order valence-corrected chi connectivity index (χ4v) is 3.02. The van der Waals surface area contributed by atoms with Crippen LogP contribution in [0.1, 0.15) is 36.5 Å². The van der Waals surface area contributed by atoms with E-state index < -0.39 is 24.2 Å². The Morgan fingerprint density at radius 3 is 2.42 bits per heavy atom. The minimum absolute atomic E-state index is 0.0882. The van der Waals surface area contributed by atoms with Gasteiger partial charge in [-0.2, -0.15) is 13.2 Å². The van der Waals surface area contributed by atoms with Crippen molar-refractivity contribution in [3.05, 3.63) is 41.7 Å². The number of rotatable bonds is 11. The van der Waals surface area contributed by atoms with Crippen LogP contribution in [0.25, 0.3) is 0 Å². The lowest BCUT2D eigenvalue weighted by molar-refractivity contribution is -0.222. The number of benzene rings is 1. The molecule has 0 aliphatic rings. The number of hydrogen-bond acceptors (Lipinski definition) is 7. The molecule has 0 saturated carbocycles. The second-order valence-electron chi connectivity index (χ2n) is 6.56. The molecule has 11 heteroatoms. The van der Waals surface area contributed by atoms with E-state index in [4.69, 9.17) is 14.2 Å². The number of halogens is 3. The van der Waals surface area contributed by atoms with Crippen LogP contribution in [0.3, 0.4) is 0 Å². The van der Waals surface area contributed by atoms with Gasteiger partial charge in [-0.05, 0) is 18.6 Å². The van der Waals surface area contributed by atoms with Crippen molar-refractivity contribution in [1.82, 2.24) is 9.97 Å². The van der Waals surface area contributed by atoms with Crippen molar-refractivity contribution < 1.29 is 37.3 Å². The Kier molecular flexibility index (Phi) is 8.57. The number of carbonyl (C=O) groups is 1. The van der Waals surface area contributed by atoms with Gasteiger partial charge in [0.25, 0.3) is 0 Å². The molecule has 1 aromatic heterocycles. The highest BCUT2D eigenvalue weighted by molar-refractivity contribution is 5.69. The molecule has 2 atom stereocenters. The fraction of sp³-hybridized carbons (Fsp3) is 0.450. The van der Waals surface area contributed by atoms with E-state index in [-0.39, 0.29) is 36.9 Å². The van der Waals surface area contributed by atoms with Gasteiger partial charge in [0, 0.05) is 30.9 Å². The first-order valence-corrected chi connectivity index (χ1v) is 9.35. The molecule has 2 aromatic rings. The Labute approximate surface area is 177 Å². The van der Waals surface area contributed by atoms with Gasteiger partial charge < -0.3 is 24.6 Å². The lowest BCUT2D eigenvalue weighted by Gasteiger charge is -2.25. The molecule has 0 unspecified atom stereocenters. The molecule has 1 aromatic carbocycles. The molecule has 0 aliphatic heterocycles. The number of anilines is 2. The highest BCUT2D eigenvalue weighted by atomic mass is 19.4. The molecule has 0 aliphatic carbocycles. The summed E-state index contributed by atoms with van der Waals surface area (Å²) >= 11 is 0. The van der Waals surface area contributed by atoms with Gasteiger partial charge in [-0.15, -0.1) is 0 Å². The number of nitrogens with one attached hydrogen (secondary N) is 1. The molecule has 0 bridgehead atoms. The lowest BCUT2D eigenvalue weighted by Crippen LogP contribution is -2.24. The van der Waals surface area contributed by atoms with Crippen molar-refractivity contribution in [2.24, 2.45) is 0 Å². The maximum absolute atomic E-state index is 13.7. The van der Waals surface area contributed by atoms with Crippen molar-refractivity contribution in [3.8, 4) is 6.01 Å². The van der Waals surface area contributed by atoms with E-state index in [1.54, 1.807) is 0 Å². The van der Waals surface area contributed by atoms with E-state index in [0.29, 0.717) is 11.3 Å². The Balaban J connectivity index is 2.53. The third kappa shape index (κ3) is 6.79. The van der Waals surface area contributed by atoms with Crippen LogP contribution in [0.15, 0.2) is 30.6 Å². The molecule has 0 radical (unpaired) electrons. The predicted octanol–water partition coefficient (Wildman–Crippen LogP) is 4.07. The van der Waals surface area contributed by atoms with Gasteiger partial charge in [0.2, 0.25) is 0 Å². The third-order valence-corrected chi connectivity index (χ3v) is 4.34. The first kappa shape index (κ1) is 24.4. The summed E-state index contributed by atoms with van der Waals surface area (Å²) in [6.45, 7) is 1.41. The van der Waals surface area contributed by atoms with Crippen LogP contribution in [0.2, 0.25) is 0 Å². The SMILES string of the molecule is CCO[C@H](c1ccc([C@H](COC)CC(=O)O)cc1Nc1cnc(OC)nc1)C(F)(F)F. The number of alkyl halides is 3. The largest absolute Gasteiger partial charge is 0.481 e. The number of aromatic nitrogens is 2. The van der Waals surface area contributed by atoms with Crippen LogP contribution < -0.4 is 10.1 Å². The average Bonchev–Trinajstić information content (AvgIpc) is 2.71. The van der Waals surface area contributed by atoms with Crippen LogP contribution in [0.5, 0.6) is 6.01 Å². The molecule has 0 saturated heterocycles. The molecule has 2 rings (SSSR count). The van der Waals surface area contributed by atoms with Crippen molar-refractivity contribution >= 4 is 17.3 Å². The number of ether oxygens (including phenoxy) is 3. The first-order valence-electron chi connectivity index (χ1n) is 9.35. The van der Waals surface area contributed by atoms with E-state index in [2.05, 4.69) is 15.3 Å². The summed E-state index contributed by atoms with van der Waals surface area (Å²) in [5.41, 5.74) is 0.759. The maximum atomic E-state index is 13.7. The van der Waals surface area contributed by atoms with E-state index in [1.165, 1.54) is 51.7 Å². The summed E-state index contributed by atoms with van der Waals surface area (Å²) in [6.07, 6.45) is -4.36. The van der Waals surface area contributed by atoms with Crippen LogP contribution in [-0.2, 0) is 14.3 Å². The van der Waals surface area contributed by atoms with Gasteiger partial charge in [0.15, 0.2) is 6.10 Å². The van der Waals surface area contributed by atoms with Crippen LogP contribution >= 0.6 is 0 Å². The van der Waals surface area contributed by atoms with Crippen molar-refractivity contribution in [3.63, 3.8) is 0 Å². The predicted molar refractivity (Wildman–Crippen MR) is 106 cm³/mol. The van der Waals surface area contributed by atoms with Crippen LogP contribution in [0, 0.1) is 0 Å². The van der Waals surface area contributed by atoms with Gasteiger partial charge in [-0.25, -0.2) is 9.97 Å². The lowest BCUT2D eigenvalue weighted by atomic mass is 9.93. The molecular formula is C20H24F3N3O5. The molecule has 0 fully saturated rings. The number of methoxy groups -OCH3 is 2. The highest BCUT2D eigenvalue weighted by Gasteiger charge is 2.43. The second kappa shape index (κ2) is 10.9. The zero-order valence-electron chi connectivity index (χ0n) is 17.3. The summed E-state index contributed by atoms with van der Waals surface area (Å²) in [7, 11) is 2.81. The number of aliphatic carboxylic acids is 1. The van der Waals surface area contributed by atoms with E-state index >= 15 is 0 Å². The van der Waals surface area contributed by atoms with Crippen molar-refractivity contribution in [2.45, 2.75) is 31.5 Å². The Morgan fingerprint density at radius 2 is 1.90 bits per heavy atom. The molecule has 0 spiro atoms. The standard InChI is InChI=1S/C20H24F3N3O5/c1-4-31-18(20(21,22)23)15-6-5-12(13(11-29-2)8-17(27)28)7-16(15)26-14-9-24-19(30-3)25-10-14/h5-7,9-10,13,18,26H,4,8,11H2,1-3H3,(H,27,28)/t13-,18+/m0/s1. The van der Waals surface area contributed by atoms with Gasteiger partial charge in [-0.3, -0.25) is 4.79 Å². The third-order valence-electron chi connectivity index (χ3n) is 4.34. The van der Waals surface area contributed by atoms with Gasteiger partial charge >= 0.3 is 18.2 Å². The summed E-state index contributed by atoms with van der Waals surface area (Å²) < 4.78 is 56.0. The number of hydrogen-bond donors (Lipinski definition) is 2. The van der Waals surface area contributed by atoms with Crippen molar-refractivity contribution in [1.29, 1.82) is 0 Å². The minimum atomic E-state index is -4.66. The van der Waals surface area contributed by atoms with E-state index in [1.807, 2.05) is 0 Å². The zero-order valence-corrected chi connectivity index (χ0v) is 17.3. The summed E-state index contributed by atoms with van der Waals surface area (Å²) in [4.78, 5) is 19.1. The molecule has 2 N–H and O–H groups in total. The molecular weight excluding hydrogens is 419 g/mol. The average molecular weight is 443 g/mol. The summed E-state index contributed by atoms with van der Waals surface area (Å²) in [6, 6.07) is 4.29. The molecule has 8 nitrogen and oxygen atoms in total. The second-order valence-corrected chi connectivity index (χ2v) is 6.56. The summed E-state index contributed by atoms with van der Waals surface area (Å²) in [5, 5.41) is 12.1. The Bertz CT molecular complexity index is 862. The Hall–Kier alpha value is -2.92. The quantitative estimate of drug-likeness (QED) is 0.536. The van der Waals surface area contributed by atoms with E-state index in [0.717, 1.165) is 0 Å². The van der Waals surface area contributed by atoms with Crippen LogP contribution in [-0.4, -0.2) is 54.7 Å². The van der Waals surface area contributed by atoms with Crippen molar-refractivity contribution in [2.75, 3.05) is 32.8 Å². The highest BCUT2D eigenvalue weighted by Crippen LogP contribution is 2.41. The van der Waals surface area contributed by atoms with Gasteiger partial charge in [0.05, 0.1) is 38.2 Å². The number of nitrogens with zero attached hydrogens (tertiary/aromatic N) is 2. The molecule has 170 valence electrons. The normalized spacial score (nSPS) is 13.5.